The van der Waals surface area contributed by atoms with Gasteiger partial charge < -0.3 is 19.4 Å². The van der Waals surface area contributed by atoms with Gasteiger partial charge in [0.15, 0.2) is 5.69 Å². The van der Waals surface area contributed by atoms with Gasteiger partial charge in [-0.2, -0.15) is 4.98 Å². The maximum atomic E-state index is 12.5. The second kappa shape index (κ2) is 9.82. The number of benzene rings is 2. The molecule has 1 aliphatic heterocycles. The predicted octanol–water partition coefficient (Wildman–Crippen LogP) is 4.52. The molecule has 5 rings (SSSR count). The normalized spacial score (nSPS) is 16.3. The molecule has 0 radical (unpaired) electrons. The standard InChI is InChI=1S/C27H30N4O4/c1-17(28-26(33)25-16-35-27(30-25)29-18(2)32)20-5-7-21(8-6-20)22-13-31(14-22)23-9-11-24(12-10-23)34-15-19-3-4-19/h5-12,16-17,19,22H,3-4,13-15H2,1-2H3,(H,28,33)(H,29,30,32)/t17-/m0/s1. The number of rotatable bonds is 9. The summed E-state index contributed by atoms with van der Waals surface area (Å²) in [5.74, 6) is 1.52. The SMILES string of the molecule is CC(=O)Nc1nc(C(=O)N[C@@H](C)c2ccc(C3CN(c4ccc(OCC5CC5)cc4)C3)cc2)co1. The van der Waals surface area contributed by atoms with Crippen molar-refractivity contribution in [3.63, 3.8) is 0 Å². The highest BCUT2D eigenvalue weighted by atomic mass is 16.5. The van der Waals surface area contributed by atoms with Gasteiger partial charge in [0.2, 0.25) is 5.91 Å². The smallest absolute Gasteiger partial charge is 0.302 e. The minimum Gasteiger partial charge on any atom is -0.493 e. The summed E-state index contributed by atoms with van der Waals surface area (Å²) in [6.07, 6.45) is 3.83. The van der Waals surface area contributed by atoms with Gasteiger partial charge in [-0.05, 0) is 61.1 Å². The molecule has 1 atom stereocenters. The monoisotopic (exact) mass is 474 g/mol. The van der Waals surface area contributed by atoms with Crippen LogP contribution in [-0.4, -0.2) is 36.5 Å². The van der Waals surface area contributed by atoms with Crippen molar-refractivity contribution in [2.45, 2.75) is 38.6 Å². The van der Waals surface area contributed by atoms with Gasteiger partial charge in [0, 0.05) is 31.6 Å². The van der Waals surface area contributed by atoms with Crippen molar-refractivity contribution in [1.29, 1.82) is 0 Å². The third kappa shape index (κ3) is 5.65. The molecule has 8 nitrogen and oxygen atoms in total. The summed E-state index contributed by atoms with van der Waals surface area (Å²) in [7, 11) is 0. The molecular weight excluding hydrogens is 444 g/mol. The third-order valence-corrected chi connectivity index (χ3v) is 6.54. The lowest BCUT2D eigenvalue weighted by Gasteiger charge is -2.41. The summed E-state index contributed by atoms with van der Waals surface area (Å²) in [5.41, 5.74) is 3.65. The fourth-order valence-corrected chi connectivity index (χ4v) is 4.15. The van der Waals surface area contributed by atoms with E-state index in [2.05, 4.69) is 69.0 Å². The summed E-state index contributed by atoms with van der Waals surface area (Å²) in [6.45, 7) is 6.07. The van der Waals surface area contributed by atoms with Gasteiger partial charge >= 0.3 is 6.01 Å². The van der Waals surface area contributed by atoms with Gasteiger partial charge in [-0.1, -0.05) is 24.3 Å². The first-order valence-electron chi connectivity index (χ1n) is 12.1. The average molecular weight is 475 g/mol. The summed E-state index contributed by atoms with van der Waals surface area (Å²) in [5, 5.41) is 5.33. The van der Waals surface area contributed by atoms with E-state index in [0.717, 1.165) is 36.9 Å². The number of anilines is 2. The largest absolute Gasteiger partial charge is 0.493 e. The first-order chi connectivity index (χ1) is 16.9. The van der Waals surface area contributed by atoms with E-state index in [1.165, 1.54) is 37.3 Å². The Balaban J connectivity index is 1.10. The third-order valence-electron chi connectivity index (χ3n) is 6.54. The average Bonchev–Trinajstić information content (AvgIpc) is 3.54. The van der Waals surface area contributed by atoms with Crippen LogP contribution in [0.3, 0.4) is 0 Å². The van der Waals surface area contributed by atoms with E-state index in [9.17, 15) is 9.59 Å². The topological polar surface area (TPSA) is 96.7 Å². The Bertz CT molecular complexity index is 1180. The molecular formula is C27H30N4O4. The summed E-state index contributed by atoms with van der Waals surface area (Å²) in [6, 6.07) is 16.6. The molecule has 2 heterocycles. The van der Waals surface area contributed by atoms with Crippen LogP contribution in [-0.2, 0) is 4.79 Å². The number of oxazole rings is 1. The maximum Gasteiger partial charge on any atom is 0.302 e. The first kappa shape index (κ1) is 23.0. The van der Waals surface area contributed by atoms with E-state index in [0.29, 0.717) is 5.92 Å². The quantitative estimate of drug-likeness (QED) is 0.473. The number of carbonyl (C=O) groups excluding carboxylic acids is 2. The number of carbonyl (C=O) groups is 2. The minimum atomic E-state index is -0.361. The molecule has 1 saturated carbocycles. The van der Waals surface area contributed by atoms with Gasteiger partial charge in [-0.3, -0.25) is 14.9 Å². The highest BCUT2D eigenvalue weighted by molar-refractivity contribution is 5.93. The van der Waals surface area contributed by atoms with E-state index >= 15 is 0 Å². The molecule has 1 aromatic heterocycles. The van der Waals surface area contributed by atoms with Crippen LogP contribution in [0.1, 0.15) is 60.3 Å². The van der Waals surface area contributed by atoms with Crippen LogP contribution in [0.2, 0.25) is 0 Å². The zero-order chi connectivity index (χ0) is 24.4. The zero-order valence-corrected chi connectivity index (χ0v) is 20.0. The van der Waals surface area contributed by atoms with Crippen LogP contribution in [0, 0.1) is 5.92 Å². The number of aromatic nitrogens is 1. The summed E-state index contributed by atoms with van der Waals surface area (Å²) >= 11 is 0. The van der Waals surface area contributed by atoms with Gasteiger partial charge in [0.25, 0.3) is 5.91 Å². The Morgan fingerprint density at radius 1 is 1.11 bits per heavy atom. The van der Waals surface area contributed by atoms with Gasteiger partial charge in [-0.25, -0.2) is 0 Å². The Morgan fingerprint density at radius 3 is 2.49 bits per heavy atom. The van der Waals surface area contributed by atoms with Crippen LogP contribution in [0.25, 0.3) is 0 Å². The van der Waals surface area contributed by atoms with Crippen LogP contribution in [0.15, 0.2) is 59.2 Å². The van der Waals surface area contributed by atoms with Crippen molar-refractivity contribution >= 4 is 23.5 Å². The number of nitrogens with one attached hydrogen (secondary N) is 2. The van der Waals surface area contributed by atoms with E-state index < -0.39 is 0 Å². The number of nitrogens with zero attached hydrogens (tertiary/aromatic N) is 2. The van der Waals surface area contributed by atoms with E-state index in [1.807, 2.05) is 6.92 Å². The molecule has 0 spiro atoms. The first-order valence-corrected chi connectivity index (χ1v) is 12.1. The maximum absolute atomic E-state index is 12.5. The lowest BCUT2D eigenvalue weighted by molar-refractivity contribution is -0.114. The lowest BCUT2D eigenvalue weighted by Crippen LogP contribution is -2.45. The van der Waals surface area contributed by atoms with Crippen molar-refractivity contribution in [2.24, 2.45) is 5.92 Å². The number of amides is 2. The molecule has 8 heteroatoms. The van der Waals surface area contributed by atoms with Crippen molar-refractivity contribution in [3.05, 3.63) is 71.6 Å². The Hall–Kier alpha value is -3.81. The van der Waals surface area contributed by atoms with Crippen LogP contribution in [0.4, 0.5) is 11.7 Å². The Kier molecular flexibility index (Phi) is 6.44. The second-order valence-corrected chi connectivity index (χ2v) is 9.43. The fraction of sp³-hybridized carbons (Fsp3) is 0.370. The van der Waals surface area contributed by atoms with Gasteiger partial charge in [0.1, 0.15) is 12.0 Å². The van der Waals surface area contributed by atoms with Crippen molar-refractivity contribution in [3.8, 4) is 5.75 Å². The zero-order valence-electron chi connectivity index (χ0n) is 20.0. The van der Waals surface area contributed by atoms with E-state index in [4.69, 9.17) is 9.15 Å². The summed E-state index contributed by atoms with van der Waals surface area (Å²) < 4.78 is 10.9. The highest BCUT2D eigenvalue weighted by Gasteiger charge is 2.28. The summed E-state index contributed by atoms with van der Waals surface area (Å²) in [4.78, 5) is 29.9. The van der Waals surface area contributed by atoms with Crippen molar-refractivity contribution < 1.29 is 18.7 Å². The molecule has 2 aromatic carbocycles. The Morgan fingerprint density at radius 2 is 1.83 bits per heavy atom. The molecule has 2 aliphatic rings. The number of ether oxygens (including phenoxy) is 1. The highest BCUT2D eigenvalue weighted by Crippen LogP contribution is 2.34. The molecule has 2 N–H and O–H groups in total. The van der Waals surface area contributed by atoms with Gasteiger partial charge in [0.05, 0.1) is 12.6 Å². The molecule has 1 aliphatic carbocycles. The van der Waals surface area contributed by atoms with E-state index in [1.54, 1.807) is 0 Å². The fourth-order valence-electron chi connectivity index (χ4n) is 4.15. The Labute approximate surface area is 204 Å². The molecule has 0 bridgehead atoms. The lowest BCUT2D eigenvalue weighted by atomic mass is 9.90. The predicted molar refractivity (Wildman–Crippen MR) is 133 cm³/mol. The molecule has 3 aromatic rings. The van der Waals surface area contributed by atoms with E-state index in [-0.39, 0.29) is 29.6 Å². The van der Waals surface area contributed by atoms with Crippen molar-refractivity contribution in [1.82, 2.24) is 10.3 Å². The van der Waals surface area contributed by atoms with Crippen LogP contribution in [0.5, 0.6) is 5.75 Å². The van der Waals surface area contributed by atoms with Crippen LogP contribution >= 0.6 is 0 Å². The second-order valence-electron chi connectivity index (χ2n) is 9.43. The minimum absolute atomic E-state index is 0.00653. The van der Waals surface area contributed by atoms with Crippen molar-refractivity contribution in [2.75, 3.05) is 29.9 Å². The molecule has 0 unspecified atom stereocenters. The molecule has 2 fully saturated rings. The molecule has 182 valence electrons. The molecule has 35 heavy (non-hydrogen) atoms. The number of hydrogen-bond acceptors (Lipinski definition) is 6. The van der Waals surface area contributed by atoms with Crippen LogP contribution < -0.4 is 20.3 Å². The van der Waals surface area contributed by atoms with Gasteiger partial charge in [-0.15, -0.1) is 0 Å². The molecule has 2 amide bonds. The molecule has 1 saturated heterocycles. The number of hydrogen-bond donors (Lipinski definition) is 2.